The molecule has 1 aromatic heterocycles. The maximum absolute atomic E-state index is 13.0. The number of aromatic nitrogens is 2. The van der Waals surface area contributed by atoms with Crippen molar-refractivity contribution in [2.75, 3.05) is 0 Å². The molecule has 3 atom stereocenters. The molecule has 29 heavy (non-hydrogen) atoms. The molecule has 1 unspecified atom stereocenters. The number of carbonyl (C=O) groups is 3. The summed E-state index contributed by atoms with van der Waals surface area (Å²) in [7, 11) is 0. The van der Waals surface area contributed by atoms with E-state index in [4.69, 9.17) is 4.42 Å². The van der Waals surface area contributed by atoms with Crippen molar-refractivity contribution in [1.29, 1.82) is 0 Å². The van der Waals surface area contributed by atoms with Gasteiger partial charge in [-0.25, -0.2) is 0 Å². The quantitative estimate of drug-likeness (QED) is 0.463. The molecule has 2 amide bonds. The van der Waals surface area contributed by atoms with Crippen molar-refractivity contribution in [3.8, 4) is 0 Å². The van der Waals surface area contributed by atoms with Gasteiger partial charge in [0.15, 0.2) is 0 Å². The number of hydrogen-bond acceptors (Lipinski definition) is 7. The Bertz CT molecular complexity index is 719. The Morgan fingerprint density at radius 1 is 1.14 bits per heavy atom. The summed E-state index contributed by atoms with van der Waals surface area (Å²) in [5, 5.41) is 14.2. The second-order valence-corrected chi connectivity index (χ2v) is 9.82. The summed E-state index contributed by atoms with van der Waals surface area (Å²) in [6.45, 7) is 9.42. The number of rotatable bonds is 9. The zero-order chi connectivity index (χ0) is 21.6. The van der Waals surface area contributed by atoms with Crippen LogP contribution in [0.1, 0.15) is 77.4 Å². The number of carbonyl (C=O) groups excluding carboxylic acids is 3. The summed E-state index contributed by atoms with van der Waals surface area (Å²) in [6.07, 6.45) is 3.82. The van der Waals surface area contributed by atoms with Crippen LogP contribution in [-0.2, 0) is 9.59 Å². The molecular weight excluding hydrogens is 392 g/mol. The Morgan fingerprint density at radius 3 is 2.45 bits per heavy atom. The molecule has 2 N–H and O–H groups in total. The molecule has 1 saturated carbocycles. The Balaban J connectivity index is 2.12. The number of Topliss-reactive ketones (excluding diaryl/α,β-unsaturated/α-hetero) is 1. The summed E-state index contributed by atoms with van der Waals surface area (Å²) in [6, 6.07) is -0.937. The van der Waals surface area contributed by atoms with Gasteiger partial charge in [0.2, 0.25) is 17.6 Å². The van der Waals surface area contributed by atoms with E-state index in [9.17, 15) is 14.4 Å². The highest BCUT2D eigenvalue weighted by molar-refractivity contribution is 7.99. The third kappa shape index (κ3) is 7.13. The Hall–Kier alpha value is -1.90. The van der Waals surface area contributed by atoms with Crippen molar-refractivity contribution >= 4 is 29.4 Å². The van der Waals surface area contributed by atoms with Gasteiger partial charge >= 0.3 is 0 Å². The molecule has 8 nitrogen and oxygen atoms in total. The molecule has 1 fully saturated rings. The fraction of sp³-hybridized carbons (Fsp3) is 0.750. The Morgan fingerprint density at radius 2 is 1.83 bits per heavy atom. The molecule has 1 aliphatic carbocycles. The van der Waals surface area contributed by atoms with Crippen LogP contribution in [0.15, 0.2) is 9.64 Å². The standard InChI is InChI=1S/C20H32N4O4S/c1-11(2)10-16(17(26)19-23-24-20(28-19)29-12(3)4)22-18(27)14-8-6-7-9-15(14)21-13(5)25/h11-12,14-16H,6-10H2,1-5H3,(H,21,25)(H,22,27)/t14-,15+,16?/m1/s1. The van der Waals surface area contributed by atoms with Gasteiger partial charge in [0.05, 0.1) is 12.0 Å². The van der Waals surface area contributed by atoms with Crippen LogP contribution in [-0.4, -0.2) is 45.1 Å². The van der Waals surface area contributed by atoms with Crippen molar-refractivity contribution in [3.05, 3.63) is 5.89 Å². The van der Waals surface area contributed by atoms with Gasteiger partial charge < -0.3 is 15.1 Å². The van der Waals surface area contributed by atoms with E-state index in [0.717, 1.165) is 19.3 Å². The van der Waals surface area contributed by atoms with E-state index in [0.29, 0.717) is 18.1 Å². The molecular formula is C20H32N4O4S. The van der Waals surface area contributed by atoms with Gasteiger partial charge in [-0.1, -0.05) is 52.3 Å². The molecule has 1 aromatic rings. The van der Waals surface area contributed by atoms with Gasteiger partial charge in [0, 0.05) is 18.2 Å². The maximum atomic E-state index is 13.0. The van der Waals surface area contributed by atoms with Gasteiger partial charge in [-0.2, -0.15) is 0 Å². The minimum atomic E-state index is -0.736. The van der Waals surface area contributed by atoms with E-state index in [1.165, 1.54) is 18.7 Å². The molecule has 2 rings (SSSR count). The number of amides is 2. The van der Waals surface area contributed by atoms with Crippen molar-refractivity contribution in [2.24, 2.45) is 11.8 Å². The Labute approximate surface area is 176 Å². The van der Waals surface area contributed by atoms with Gasteiger partial charge in [0.1, 0.15) is 0 Å². The number of ketones is 1. The van der Waals surface area contributed by atoms with Crippen LogP contribution in [0.2, 0.25) is 0 Å². The van der Waals surface area contributed by atoms with Crippen LogP contribution in [0.25, 0.3) is 0 Å². The highest BCUT2D eigenvalue weighted by Gasteiger charge is 2.35. The van der Waals surface area contributed by atoms with Crippen molar-refractivity contribution in [1.82, 2.24) is 20.8 Å². The summed E-state index contributed by atoms with van der Waals surface area (Å²) in [4.78, 5) is 37.4. The number of thioether (sulfide) groups is 1. The molecule has 162 valence electrons. The van der Waals surface area contributed by atoms with Crippen LogP contribution >= 0.6 is 11.8 Å². The molecule has 0 radical (unpaired) electrons. The average molecular weight is 425 g/mol. The lowest BCUT2D eigenvalue weighted by molar-refractivity contribution is -0.128. The van der Waals surface area contributed by atoms with Crippen LogP contribution < -0.4 is 10.6 Å². The van der Waals surface area contributed by atoms with Crippen LogP contribution in [0.4, 0.5) is 0 Å². The van der Waals surface area contributed by atoms with E-state index in [1.54, 1.807) is 0 Å². The molecule has 0 aromatic carbocycles. The minimum absolute atomic E-state index is 0.0823. The molecule has 0 bridgehead atoms. The number of hydrogen-bond donors (Lipinski definition) is 2. The number of nitrogens with one attached hydrogen (secondary N) is 2. The van der Waals surface area contributed by atoms with Crippen LogP contribution in [0, 0.1) is 11.8 Å². The lowest BCUT2D eigenvalue weighted by Gasteiger charge is -2.32. The van der Waals surface area contributed by atoms with E-state index in [2.05, 4.69) is 20.8 Å². The fourth-order valence-electron chi connectivity index (χ4n) is 3.57. The lowest BCUT2D eigenvalue weighted by atomic mass is 9.83. The van der Waals surface area contributed by atoms with E-state index < -0.39 is 6.04 Å². The first-order chi connectivity index (χ1) is 13.7. The van der Waals surface area contributed by atoms with Gasteiger partial charge in [-0.05, 0) is 25.2 Å². The molecule has 1 heterocycles. The van der Waals surface area contributed by atoms with Gasteiger partial charge in [0.25, 0.3) is 11.1 Å². The first kappa shape index (κ1) is 23.4. The van der Waals surface area contributed by atoms with E-state index in [-0.39, 0.29) is 46.6 Å². The predicted molar refractivity (Wildman–Crippen MR) is 111 cm³/mol. The molecule has 1 aliphatic rings. The van der Waals surface area contributed by atoms with E-state index in [1.807, 2.05) is 27.7 Å². The normalized spacial score (nSPS) is 20.5. The molecule has 9 heteroatoms. The largest absolute Gasteiger partial charge is 0.408 e. The van der Waals surface area contributed by atoms with E-state index >= 15 is 0 Å². The van der Waals surface area contributed by atoms with Crippen LogP contribution in [0.5, 0.6) is 0 Å². The molecule has 0 saturated heterocycles. The average Bonchev–Trinajstić information content (AvgIpc) is 3.07. The monoisotopic (exact) mass is 424 g/mol. The summed E-state index contributed by atoms with van der Waals surface area (Å²) in [5.74, 6) is -0.966. The first-order valence-electron chi connectivity index (χ1n) is 10.3. The SMILES string of the molecule is CC(=O)N[C@H]1CCCC[C@H]1C(=O)NC(CC(C)C)C(=O)c1nnc(SC(C)C)o1. The zero-order valence-corrected chi connectivity index (χ0v) is 18.7. The Kier molecular flexibility index (Phi) is 8.67. The minimum Gasteiger partial charge on any atom is -0.408 e. The van der Waals surface area contributed by atoms with Crippen molar-refractivity contribution < 1.29 is 18.8 Å². The maximum Gasteiger partial charge on any atom is 0.286 e. The first-order valence-corrected chi connectivity index (χ1v) is 11.2. The second kappa shape index (κ2) is 10.8. The van der Waals surface area contributed by atoms with Crippen molar-refractivity contribution in [2.45, 2.75) is 89.3 Å². The summed E-state index contributed by atoms with van der Waals surface area (Å²) >= 11 is 1.38. The highest BCUT2D eigenvalue weighted by Crippen LogP contribution is 2.26. The van der Waals surface area contributed by atoms with Crippen molar-refractivity contribution in [3.63, 3.8) is 0 Å². The third-order valence-electron chi connectivity index (χ3n) is 4.79. The van der Waals surface area contributed by atoms with Gasteiger partial charge in [-0.3, -0.25) is 14.4 Å². The third-order valence-corrected chi connectivity index (χ3v) is 5.62. The topological polar surface area (TPSA) is 114 Å². The highest BCUT2D eigenvalue weighted by atomic mass is 32.2. The lowest BCUT2D eigenvalue weighted by Crippen LogP contribution is -2.51. The summed E-state index contributed by atoms with van der Waals surface area (Å²) in [5.41, 5.74) is 0. The smallest absolute Gasteiger partial charge is 0.286 e. The molecule has 0 spiro atoms. The van der Waals surface area contributed by atoms with Gasteiger partial charge in [-0.15, -0.1) is 10.2 Å². The molecule has 0 aliphatic heterocycles. The zero-order valence-electron chi connectivity index (χ0n) is 17.9. The fourth-order valence-corrected chi connectivity index (χ4v) is 4.19. The number of nitrogens with zero attached hydrogens (tertiary/aromatic N) is 2. The van der Waals surface area contributed by atoms with Crippen LogP contribution in [0.3, 0.4) is 0 Å². The summed E-state index contributed by atoms with van der Waals surface area (Å²) < 4.78 is 5.50. The second-order valence-electron chi connectivity index (χ2n) is 8.29. The predicted octanol–water partition coefficient (Wildman–Crippen LogP) is 2.98.